The third-order valence-electron chi connectivity index (χ3n) is 3.35. The number of carbonyl (C=O) groups is 2. The third kappa shape index (κ3) is 5.29. The Hall–Kier alpha value is -2.42. The molecule has 0 bridgehead atoms. The molecule has 0 unspecified atom stereocenters. The molecule has 2 N–H and O–H groups in total. The predicted molar refractivity (Wildman–Crippen MR) is 97.7 cm³/mol. The molecule has 0 aromatic heterocycles. The summed E-state index contributed by atoms with van der Waals surface area (Å²) in [5, 5.41) is 2.77. The first-order valence-electron chi connectivity index (χ1n) is 7.56. The smallest absolute Gasteiger partial charge is 0.339 e. The van der Waals surface area contributed by atoms with Crippen molar-refractivity contribution >= 4 is 39.2 Å². The van der Waals surface area contributed by atoms with Crippen LogP contribution in [0.5, 0.6) is 0 Å². The Kier molecular flexibility index (Phi) is 6.73. The summed E-state index contributed by atoms with van der Waals surface area (Å²) in [5.41, 5.74) is 0.475. The fourth-order valence-corrected chi connectivity index (χ4v) is 3.32. The zero-order valence-corrected chi connectivity index (χ0v) is 15.4. The molecular weight excluding hydrogens is 380 g/mol. The van der Waals surface area contributed by atoms with Gasteiger partial charge in [0.2, 0.25) is 15.9 Å². The lowest BCUT2D eigenvalue weighted by molar-refractivity contribution is -0.116. The largest absolute Gasteiger partial charge is 0.465 e. The number of anilines is 1. The van der Waals surface area contributed by atoms with Gasteiger partial charge >= 0.3 is 5.97 Å². The van der Waals surface area contributed by atoms with E-state index in [-0.39, 0.29) is 28.4 Å². The fourth-order valence-electron chi connectivity index (χ4n) is 2.07. The summed E-state index contributed by atoms with van der Waals surface area (Å²) in [6, 6.07) is 12.2. The summed E-state index contributed by atoms with van der Waals surface area (Å²) in [5.74, 6) is -1.04. The molecule has 138 valence electrons. The molecule has 0 radical (unpaired) electrons. The number of nitrogens with one attached hydrogen (secondary N) is 2. The van der Waals surface area contributed by atoms with Crippen LogP contribution in [0.4, 0.5) is 5.69 Å². The van der Waals surface area contributed by atoms with Crippen LogP contribution in [0, 0.1) is 0 Å². The Labute approximate surface area is 156 Å². The molecular formula is C17H17ClN2O5S. The van der Waals surface area contributed by atoms with Gasteiger partial charge in [-0.1, -0.05) is 29.8 Å². The van der Waals surface area contributed by atoms with E-state index >= 15 is 0 Å². The van der Waals surface area contributed by atoms with Gasteiger partial charge in [-0.25, -0.2) is 17.9 Å². The van der Waals surface area contributed by atoms with Crippen molar-refractivity contribution < 1.29 is 22.7 Å². The van der Waals surface area contributed by atoms with E-state index in [2.05, 4.69) is 14.8 Å². The Morgan fingerprint density at radius 3 is 2.46 bits per heavy atom. The van der Waals surface area contributed by atoms with Crippen LogP contribution in [0.25, 0.3) is 0 Å². The lowest BCUT2D eigenvalue weighted by Gasteiger charge is -2.09. The Morgan fingerprint density at radius 2 is 1.81 bits per heavy atom. The van der Waals surface area contributed by atoms with E-state index in [0.29, 0.717) is 5.69 Å². The molecule has 7 nitrogen and oxygen atoms in total. The number of ether oxygens (including phenoxy) is 1. The summed E-state index contributed by atoms with van der Waals surface area (Å²) >= 11 is 5.91. The summed E-state index contributed by atoms with van der Waals surface area (Å²) in [4.78, 5) is 23.7. The Balaban J connectivity index is 1.92. The molecule has 0 aliphatic heterocycles. The quantitative estimate of drug-likeness (QED) is 0.700. The minimum absolute atomic E-state index is 0.0689. The fraction of sp³-hybridized carbons (Fsp3) is 0.176. The highest BCUT2D eigenvalue weighted by molar-refractivity contribution is 7.89. The number of hydrogen-bond acceptors (Lipinski definition) is 5. The van der Waals surface area contributed by atoms with Gasteiger partial charge in [0.25, 0.3) is 0 Å². The van der Waals surface area contributed by atoms with Crippen LogP contribution in [0.3, 0.4) is 0 Å². The number of amides is 1. The lowest BCUT2D eigenvalue weighted by atomic mass is 10.2. The molecule has 2 rings (SSSR count). The van der Waals surface area contributed by atoms with E-state index in [1.54, 1.807) is 18.2 Å². The summed E-state index contributed by atoms with van der Waals surface area (Å²) in [7, 11) is -2.44. The number of methoxy groups -OCH3 is 1. The number of esters is 1. The van der Waals surface area contributed by atoms with Crippen molar-refractivity contribution in [3.63, 3.8) is 0 Å². The van der Waals surface area contributed by atoms with E-state index in [9.17, 15) is 18.0 Å². The second kappa shape index (κ2) is 8.79. The molecule has 0 spiro atoms. The van der Waals surface area contributed by atoms with Crippen molar-refractivity contribution in [2.75, 3.05) is 19.0 Å². The van der Waals surface area contributed by atoms with Gasteiger partial charge in [0.05, 0.1) is 22.6 Å². The predicted octanol–water partition coefficient (Wildman–Crippen LogP) is 2.43. The summed E-state index contributed by atoms with van der Waals surface area (Å²) < 4.78 is 31.1. The van der Waals surface area contributed by atoms with Crippen LogP contribution in [0.2, 0.25) is 5.02 Å². The van der Waals surface area contributed by atoms with Crippen molar-refractivity contribution in [1.29, 1.82) is 0 Å². The van der Waals surface area contributed by atoms with Gasteiger partial charge in [-0.2, -0.15) is 0 Å². The number of carbonyl (C=O) groups excluding carboxylic acids is 2. The van der Waals surface area contributed by atoms with Crippen molar-refractivity contribution in [1.82, 2.24) is 4.72 Å². The first-order valence-corrected chi connectivity index (χ1v) is 9.42. The van der Waals surface area contributed by atoms with Gasteiger partial charge in [0.15, 0.2) is 0 Å². The summed E-state index contributed by atoms with van der Waals surface area (Å²) in [6.07, 6.45) is -0.0811. The maximum atomic E-state index is 12.1. The van der Waals surface area contributed by atoms with Gasteiger partial charge < -0.3 is 10.1 Å². The number of hydrogen-bond donors (Lipinski definition) is 2. The standard InChI is InChI=1S/C17H17ClN2O5S/c1-25-17(22)14-11-12(7-8-15(14)18)20-16(21)9-10-19-26(23,24)13-5-3-2-4-6-13/h2-8,11,19H,9-10H2,1H3,(H,20,21). The van der Waals surface area contributed by atoms with Crippen molar-refractivity contribution in [2.45, 2.75) is 11.3 Å². The van der Waals surface area contributed by atoms with Crippen LogP contribution in [0.1, 0.15) is 16.8 Å². The SMILES string of the molecule is COC(=O)c1cc(NC(=O)CCNS(=O)(=O)c2ccccc2)ccc1Cl. The van der Waals surface area contributed by atoms with Gasteiger partial charge in [-0.3, -0.25) is 4.79 Å². The zero-order chi connectivity index (χ0) is 19.2. The van der Waals surface area contributed by atoms with Crippen LogP contribution in [0.15, 0.2) is 53.4 Å². The molecule has 26 heavy (non-hydrogen) atoms. The molecule has 9 heteroatoms. The maximum absolute atomic E-state index is 12.1. The van der Waals surface area contributed by atoms with Gasteiger partial charge in [-0.15, -0.1) is 0 Å². The Bertz CT molecular complexity index is 901. The molecule has 0 saturated heterocycles. The normalized spacial score (nSPS) is 11.0. The highest BCUT2D eigenvalue weighted by Crippen LogP contribution is 2.21. The molecule has 2 aromatic carbocycles. The molecule has 0 saturated carbocycles. The van der Waals surface area contributed by atoms with Crippen molar-refractivity contribution in [3.8, 4) is 0 Å². The first-order chi connectivity index (χ1) is 12.3. The molecule has 1 amide bonds. The average Bonchev–Trinajstić information content (AvgIpc) is 2.63. The van der Waals surface area contributed by atoms with Crippen LogP contribution >= 0.6 is 11.6 Å². The van der Waals surface area contributed by atoms with Crippen LogP contribution in [-0.2, 0) is 19.6 Å². The Morgan fingerprint density at radius 1 is 1.12 bits per heavy atom. The second-order valence-corrected chi connectivity index (χ2v) is 7.37. The zero-order valence-electron chi connectivity index (χ0n) is 13.9. The van der Waals surface area contributed by atoms with Crippen LogP contribution < -0.4 is 10.0 Å². The molecule has 0 heterocycles. The summed E-state index contributed by atoms with van der Waals surface area (Å²) in [6.45, 7) is -0.0689. The molecule has 2 aromatic rings. The van der Waals surface area contributed by atoms with E-state index in [4.69, 9.17) is 11.6 Å². The van der Waals surface area contributed by atoms with Crippen molar-refractivity contribution in [3.05, 3.63) is 59.1 Å². The molecule has 0 fully saturated rings. The van der Waals surface area contributed by atoms with Gasteiger partial charge in [0, 0.05) is 18.7 Å². The van der Waals surface area contributed by atoms with E-state index < -0.39 is 21.9 Å². The molecule has 0 aliphatic carbocycles. The van der Waals surface area contributed by atoms with Crippen molar-refractivity contribution in [2.24, 2.45) is 0 Å². The molecule has 0 aliphatic rings. The van der Waals surface area contributed by atoms with Crippen LogP contribution in [-0.4, -0.2) is 33.9 Å². The van der Waals surface area contributed by atoms with E-state index in [0.717, 1.165) is 0 Å². The van der Waals surface area contributed by atoms with Gasteiger partial charge in [0.1, 0.15) is 0 Å². The number of benzene rings is 2. The number of halogens is 1. The first kappa shape index (κ1) is 19.9. The van der Waals surface area contributed by atoms with E-state index in [1.807, 2.05) is 0 Å². The highest BCUT2D eigenvalue weighted by Gasteiger charge is 2.15. The number of sulfonamides is 1. The maximum Gasteiger partial charge on any atom is 0.339 e. The lowest BCUT2D eigenvalue weighted by Crippen LogP contribution is -2.27. The van der Waals surface area contributed by atoms with E-state index in [1.165, 1.54) is 37.4 Å². The number of rotatable bonds is 7. The third-order valence-corrected chi connectivity index (χ3v) is 5.16. The highest BCUT2D eigenvalue weighted by atomic mass is 35.5. The molecule has 0 atom stereocenters. The minimum atomic E-state index is -3.66. The minimum Gasteiger partial charge on any atom is -0.465 e. The second-order valence-electron chi connectivity index (χ2n) is 5.20. The average molecular weight is 397 g/mol. The topological polar surface area (TPSA) is 102 Å². The monoisotopic (exact) mass is 396 g/mol. The van der Waals surface area contributed by atoms with Gasteiger partial charge in [-0.05, 0) is 30.3 Å².